The third kappa shape index (κ3) is 6.91. The minimum Gasteiger partial charge on any atom is -0.497 e. The number of rotatable bonds is 11. The molecule has 0 saturated carbocycles. The highest BCUT2D eigenvalue weighted by molar-refractivity contribution is 6.03. The molecule has 1 heterocycles. The molecule has 0 spiro atoms. The number of methoxy groups -OCH3 is 4. The molecule has 0 unspecified atom stereocenters. The van der Waals surface area contributed by atoms with E-state index in [-0.39, 0.29) is 37.1 Å². The maximum absolute atomic E-state index is 13.6. The van der Waals surface area contributed by atoms with Crippen molar-refractivity contribution < 1.29 is 28.5 Å². The van der Waals surface area contributed by atoms with Gasteiger partial charge < -0.3 is 29.2 Å². The lowest BCUT2D eigenvalue weighted by atomic mass is 9.98. The molecule has 0 saturated heterocycles. The van der Waals surface area contributed by atoms with E-state index in [1.807, 2.05) is 56.3 Å². The van der Waals surface area contributed by atoms with Crippen LogP contribution in [0.3, 0.4) is 0 Å². The van der Waals surface area contributed by atoms with Crippen LogP contribution in [-0.2, 0) is 9.53 Å². The number of benzene rings is 2. The first-order valence-electron chi connectivity index (χ1n) is 12.1. The van der Waals surface area contributed by atoms with Crippen LogP contribution in [-0.4, -0.2) is 81.7 Å². The molecule has 10 heteroatoms. The molecule has 0 radical (unpaired) electrons. The van der Waals surface area contributed by atoms with Crippen LogP contribution in [0.2, 0.25) is 0 Å². The van der Waals surface area contributed by atoms with Gasteiger partial charge in [-0.15, -0.1) is 0 Å². The lowest BCUT2D eigenvalue weighted by molar-refractivity contribution is -0.133. The zero-order valence-electron chi connectivity index (χ0n) is 22.3. The molecule has 10 nitrogen and oxygen atoms in total. The number of carbonyl (C=O) groups is 2. The van der Waals surface area contributed by atoms with Crippen LogP contribution >= 0.6 is 0 Å². The normalized spacial score (nSPS) is 14.8. The van der Waals surface area contributed by atoms with E-state index < -0.39 is 0 Å². The molecule has 0 aromatic heterocycles. The van der Waals surface area contributed by atoms with Gasteiger partial charge in [0.2, 0.25) is 0 Å². The number of hydrogen-bond donors (Lipinski definition) is 1. The molecular weight excluding hydrogens is 476 g/mol. The molecule has 1 atom stereocenters. The van der Waals surface area contributed by atoms with Gasteiger partial charge >= 0.3 is 6.03 Å². The van der Waals surface area contributed by atoms with Crippen molar-refractivity contribution in [1.29, 1.82) is 0 Å². The molecule has 2 aromatic rings. The second-order valence-electron chi connectivity index (χ2n) is 8.87. The summed E-state index contributed by atoms with van der Waals surface area (Å²) in [6.07, 6.45) is 0.490. The van der Waals surface area contributed by atoms with Crippen molar-refractivity contribution in [1.82, 2.24) is 15.2 Å². The number of nitrogens with zero attached hydrogens (tertiary/aromatic N) is 3. The summed E-state index contributed by atoms with van der Waals surface area (Å²) in [5, 5.41) is 9.03. The fourth-order valence-electron chi connectivity index (χ4n) is 4.05. The van der Waals surface area contributed by atoms with Gasteiger partial charge in [0, 0.05) is 26.1 Å². The number of ether oxygens (including phenoxy) is 4. The zero-order valence-corrected chi connectivity index (χ0v) is 22.3. The predicted octanol–water partition coefficient (Wildman–Crippen LogP) is 3.46. The molecule has 3 rings (SSSR count). The van der Waals surface area contributed by atoms with Crippen molar-refractivity contribution in [2.75, 3.05) is 48.1 Å². The van der Waals surface area contributed by atoms with Gasteiger partial charge in [0.05, 0.1) is 39.7 Å². The van der Waals surface area contributed by atoms with Gasteiger partial charge in [0.25, 0.3) is 5.91 Å². The van der Waals surface area contributed by atoms with E-state index in [1.165, 1.54) is 9.91 Å². The van der Waals surface area contributed by atoms with Crippen LogP contribution in [0.5, 0.6) is 17.2 Å². The van der Waals surface area contributed by atoms with Crippen LogP contribution in [0.4, 0.5) is 4.79 Å². The Morgan fingerprint density at radius 1 is 1.03 bits per heavy atom. The number of hydrogen-bond acceptors (Lipinski definition) is 7. The van der Waals surface area contributed by atoms with E-state index in [0.717, 1.165) is 22.6 Å². The molecule has 1 N–H and O–H groups in total. The van der Waals surface area contributed by atoms with E-state index >= 15 is 0 Å². The van der Waals surface area contributed by atoms with E-state index in [2.05, 4.69) is 5.32 Å². The summed E-state index contributed by atoms with van der Waals surface area (Å²) in [6, 6.07) is 12.3. The molecule has 200 valence electrons. The van der Waals surface area contributed by atoms with Crippen LogP contribution in [0.15, 0.2) is 47.6 Å². The van der Waals surface area contributed by atoms with E-state index in [0.29, 0.717) is 24.5 Å². The van der Waals surface area contributed by atoms with Gasteiger partial charge in [-0.1, -0.05) is 6.07 Å². The second-order valence-corrected chi connectivity index (χ2v) is 8.87. The van der Waals surface area contributed by atoms with Gasteiger partial charge in [-0.2, -0.15) is 5.10 Å². The van der Waals surface area contributed by atoms with Crippen LogP contribution in [0, 0.1) is 0 Å². The lowest BCUT2D eigenvalue weighted by Gasteiger charge is -2.28. The second kappa shape index (κ2) is 13.0. The third-order valence-corrected chi connectivity index (χ3v) is 5.97. The highest BCUT2D eigenvalue weighted by Gasteiger charge is 2.35. The fraction of sp³-hybridized carbons (Fsp3) is 0.444. The minimum atomic E-state index is -0.387. The molecular formula is C27H36N4O6. The van der Waals surface area contributed by atoms with Gasteiger partial charge in [-0.3, -0.25) is 4.79 Å². The standard InChI is InChI=1S/C27H36N4O6/c1-18(2)28-27(33)30(13-14-34-3)17-26(32)31-23(20-9-12-24(36-5)25(15-20)37-6)16-22(29-31)19-7-10-21(35-4)11-8-19/h7-12,15,18,23H,13-14,16-17H2,1-6H3,(H,28,33)/t23-/m0/s1. The number of nitrogens with one attached hydrogen (secondary N) is 1. The Balaban J connectivity index is 1.94. The lowest BCUT2D eigenvalue weighted by Crippen LogP contribution is -2.48. The smallest absolute Gasteiger partial charge is 0.318 e. The van der Waals surface area contributed by atoms with Crippen LogP contribution in [0.1, 0.15) is 37.4 Å². The number of carbonyl (C=O) groups excluding carboxylic acids is 2. The average molecular weight is 513 g/mol. The van der Waals surface area contributed by atoms with Crippen LogP contribution < -0.4 is 19.5 Å². The van der Waals surface area contributed by atoms with Crippen molar-refractivity contribution in [3.05, 3.63) is 53.6 Å². The molecule has 37 heavy (non-hydrogen) atoms. The van der Waals surface area contributed by atoms with Crippen LogP contribution in [0.25, 0.3) is 0 Å². The topological polar surface area (TPSA) is 102 Å². The zero-order chi connectivity index (χ0) is 26.9. The van der Waals surface area contributed by atoms with Crippen molar-refractivity contribution >= 4 is 17.6 Å². The average Bonchev–Trinajstić information content (AvgIpc) is 3.35. The van der Waals surface area contributed by atoms with E-state index in [4.69, 9.17) is 24.0 Å². The third-order valence-electron chi connectivity index (χ3n) is 5.97. The molecule has 2 aromatic carbocycles. The molecule has 1 aliphatic heterocycles. The number of hydrazone groups is 1. The Bertz CT molecular complexity index is 1100. The summed E-state index contributed by atoms with van der Waals surface area (Å²) in [4.78, 5) is 27.8. The molecule has 0 aliphatic carbocycles. The Kier molecular flexibility index (Phi) is 9.73. The SMILES string of the molecule is COCCN(CC(=O)N1N=C(c2ccc(OC)cc2)C[C@H]1c1ccc(OC)c(OC)c1)C(=O)NC(C)C. The predicted molar refractivity (Wildman–Crippen MR) is 140 cm³/mol. The minimum absolute atomic E-state index is 0.0707. The monoisotopic (exact) mass is 512 g/mol. The maximum Gasteiger partial charge on any atom is 0.318 e. The van der Waals surface area contributed by atoms with Crippen molar-refractivity contribution in [2.24, 2.45) is 5.10 Å². The summed E-state index contributed by atoms with van der Waals surface area (Å²) in [5.41, 5.74) is 2.48. The summed E-state index contributed by atoms with van der Waals surface area (Å²) in [5.74, 6) is 1.58. The summed E-state index contributed by atoms with van der Waals surface area (Å²) in [7, 11) is 6.31. The number of amides is 3. The largest absolute Gasteiger partial charge is 0.497 e. The quantitative estimate of drug-likeness (QED) is 0.495. The molecule has 3 amide bonds. The summed E-state index contributed by atoms with van der Waals surface area (Å²) in [6.45, 7) is 4.16. The fourth-order valence-corrected chi connectivity index (χ4v) is 4.05. The van der Waals surface area contributed by atoms with Crippen molar-refractivity contribution in [3.63, 3.8) is 0 Å². The van der Waals surface area contributed by atoms with E-state index in [1.54, 1.807) is 28.4 Å². The molecule has 0 bridgehead atoms. The Labute approximate surface area is 218 Å². The summed E-state index contributed by atoms with van der Waals surface area (Å²) < 4.78 is 21.3. The van der Waals surface area contributed by atoms with Gasteiger partial charge in [0.1, 0.15) is 12.3 Å². The number of urea groups is 1. The van der Waals surface area contributed by atoms with Gasteiger partial charge in [-0.25, -0.2) is 9.80 Å². The Hall–Kier alpha value is -3.79. The van der Waals surface area contributed by atoms with E-state index in [9.17, 15) is 9.59 Å². The van der Waals surface area contributed by atoms with Crippen molar-refractivity contribution in [2.45, 2.75) is 32.4 Å². The Morgan fingerprint density at radius 2 is 1.73 bits per heavy atom. The van der Waals surface area contributed by atoms with Crippen molar-refractivity contribution in [3.8, 4) is 17.2 Å². The molecule has 0 fully saturated rings. The highest BCUT2D eigenvalue weighted by atomic mass is 16.5. The first-order valence-corrected chi connectivity index (χ1v) is 12.1. The summed E-state index contributed by atoms with van der Waals surface area (Å²) >= 11 is 0. The van der Waals surface area contributed by atoms with Gasteiger partial charge in [-0.05, 0) is 61.4 Å². The Morgan fingerprint density at radius 3 is 2.32 bits per heavy atom. The first kappa shape index (κ1) is 27.8. The first-order chi connectivity index (χ1) is 17.8. The maximum atomic E-state index is 13.6. The highest BCUT2D eigenvalue weighted by Crippen LogP contribution is 2.37. The van der Waals surface area contributed by atoms with Gasteiger partial charge in [0.15, 0.2) is 11.5 Å². The molecule has 1 aliphatic rings.